The van der Waals surface area contributed by atoms with Crippen LogP contribution in [0, 0.1) is 0 Å². The Morgan fingerprint density at radius 2 is 1.93 bits per heavy atom. The van der Waals surface area contributed by atoms with Gasteiger partial charge in [-0.3, -0.25) is 14.6 Å². The maximum atomic E-state index is 12.6. The van der Waals surface area contributed by atoms with Crippen molar-refractivity contribution in [2.24, 2.45) is 0 Å². The molecule has 154 valence electrons. The first-order valence-corrected chi connectivity index (χ1v) is 9.74. The lowest BCUT2D eigenvalue weighted by Gasteiger charge is -2.36. The third-order valence-electron chi connectivity index (χ3n) is 5.02. The van der Waals surface area contributed by atoms with Crippen LogP contribution in [0.15, 0.2) is 36.5 Å². The van der Waals surface area contributed by atoms with Gasteiger partial charge in [-0.1, -0.05) is 11.6 Å². The summed E-state index contributed by atoms with van der Waals surface area (Å²) in [5.41, 5.74) is 0.563. The molecular weight excluding hydrogens is 396 g/mol. The van der Waals surface area contributed by atoms with Crippen LogP contribution < -0.4 is 5.32 Å². The summed E-state index contributed by atoms with van der Waals surface area (Å²) in [6, 6.07) is 7.80. The summed E-state index contributed by atoms with van der Waals surface area (Å²) in [4.78, 5) is 29.1. The monoisotopic (exact) mass is 418 g/mol. The highest BCUT2D eigenvalue weighted by Gasteiger charge is 2.34. The molecule has 3 N–H and O–H groups in total. The first-order valence-electron chi connectivity index (χ1n) is 9.36. The Morgan fingerprint density at radius 1 is 1.17 bits per heavy atom. The number of carbonyl (C=O) groups excluding carboxylic acids is 2. The number of rotatable bonds is 7. The van der Waals surface area contributed by atoms with E-state index in [1.807, 2.05) is 0 Å². The van der Waals surface area contributed by atoms with E-state index in [1.165, 1.54) is 12.3 Å². The van der Waals surface area contributed by atoms with Gasteiger partial charge >= 0.3 is 0 Å². The zero-order chi connectivity index (χ0) is 20.9. The predicted octanol–water partition coefficient (Wildman–Crippen LogP) is 2.07. The number of carbonyl (C=O) groups is 2. The van der Waals surface area contributed by atoms with Gasteiger partial charge < -0.3 is 20.3 Å². The van der Waals surface area contributed by atoms with Crippen molar-refractivity contribution in [3.05, 3.63) is 58.4 Å². The number of nitrogens with zero attached hydrogens (tertiary/aromatic N) is 1. The summed E-state index contributed by atoms with van der Waals surface area (Å²) in [5, 5.41) is 22.9. The zero-order valence-electron chi connectivity index (χ0n) is 15.9. The molecule has 1 saturated heterocycles. The van der Waals surface area contributed by atoms with Gasteiger partial charge in [0.1, 0.15) is 17.2 Å². The SMILES string of the molecule is O=C(Cc1ccnc(C(=O)NC2(CO)CCOCC2)c1)Cc1cc(Cl)ccc1O. The van der Waals surface area contributed by atoms with E-state index in [0.29, 0.717) is 42.2 Å². The van der Waals surface area contributed by atoms with Crippen LogP contribution in [0.25, 0.3) is 0 Å². The number of phenols is 1. The van der Waals surface area contributed by atoms with E-state index < -0.39 is 11.4 Å². The molecule has 0 bridgehead atoms. The second kappa shape index (κ2) is 9.35. The number of aromatic nitrogens is 1. The minimum Gasteiger partial charge on any atom is -0.508 e. The van der Waals surface area contributed by atoms with E-state index in [-0.39, 0.29) is 36.7 Å². The number of benzene rings is 1. The molecule has 7 nitrogen and oxygen atoms in total. The number of Topliss-reactive ketones (excluding diaryl/α,β-unsaturated/α-hetero) is 1. The topological polar surface area (TPSA) is 109 Å². The number of aliphatic hydroxyl groups is 1. The Balaban J connectivity index is 1.66. The minimum atomic E-state index is -0.715. The molecule has 1 aliphatic rings. The molecule has 1 fully saturated rings. The quantitative estimate of drug-likeness (QED) is 0.635. The van der Waals surface area contributed by atoms with Gasteiger partial charge in [0.25, 0.3) is 5.91 Å². The van der Waals surface area contributed by atoms with Crippen molar-refractivity contribution in [3.63, 3.8) is 0 Å². The number of ether oxygens (including phenoxy) is 1. The molecule has 0 radical (unpaired) electrons. The molecule has 1 aromatic heterocycles. The fraction of sp³-hybridized carbons (Fsp3) is 0.381. The van der Waals surface area contributed by atoms with Crippen LogP contribution in [0.2, 0.25) is 5.02 Å². The Morgan fingerprint density at radius 3 is 2.66 bits per heavy atom. The molecule has 2 heterocycles. The molecule has 3 rings (SSSR count). The van der Waals surface area contributed by atoms with Gasteiger partial charge in [0, 0.05) is 42.8 Å². The van der Waals surface area contributed by atoms with Crippen molar-refractivity contribution >= 4 is 23.3 Å². The molecule has 8 heteroatoms. The maximum Gasteiger partial charge on any atom is 0.270 e. The van der Waals surface area contributed by atoms with Crippen LogP contribution in [0.4, 0.5) is 0 Å². The summed E-state index contributed by atoms with van der Waals surface area (Å²) in [5.74, 6) is -0.512. The lowest BCUT2D eigenvalue weighted by Crippen LogP contribution is -2.54. The highest BCUT2D eigenvalue weighted by molar-refractivity contribution is 6.30. The van der Waals surface area contributed by atoms with E-state index in [2.05, 4.69) is 10.3 Å². The van der Waals surface area contributed by atoms with E-state index >= 15 is 0 Å². The number of pyridine rings is 1. The average Bonchev–Trinajstić information content (AvgIpc) is 2.71. The van der Waals surface area contributed by atoms with E-state index in [0.717, 1.165) is 0 Å². The van der Waals surface area contributed by atoms with Gasteiger partial charge in [0.2, 0.25) is 0 Å². The van der Waals surface area contributed by atoms with Crippen LogP contribution in [-0.4, -0.2) is 52.2 Å². The molecule has 0 spiro atoms. The zero-order valence-corrected chi connectivity index (χ0v) is 16.6. The highest BCUT2D eigenvalue weighted by atomic mass is 35.5. The van der Waals surface area contributed by atoms with Crippen LogP contribution in [0.3, 0.4) is 0 Å². The van der Waals surface area contributed by atoms with Gasteiger partial charge in [0.15, 0.2) is 0 Å². The highest BCUT2D eigenvalue weighted by Crippen LogP contribution is 2.23. The number of hydrogen-bond acceptors (Lipinski definition) is 6. The van der Waals surface area contributed by atoms with Crippen molar-refractivity contribution in [1.82, 2.24) is 10.3 Å². The van der Waals surface area contributed by atoms with Crippen molar-refractivity contribution < 1.29 is 24.5 Å². The smallest absolute Gasteiger partial charge is 0.270 e. The van der Waals surface area contributed by atoms with Crippen molar-refractivity contribution in [2.75, 3.05) is 19.8 Å². The van der Waals surface area contributed by atoms with Gasteiger partial charge in [-0.15, -0.1) is 0 Å². The normalized spacial score (nSPS) is 15.7. The molecule has 2 aromatic rings. The summed E-state index contributed by atoms with van der Waals surface area (Å²) >= 11 is 5.92. The van der Waals surface area contributed by atoms with E-state index in [9.17, 15) is 19.8 Å². The largest absolute Gasteiger partial charge is 0.508 e. The molecule has 0 saturated carbocycles. The maximum absolute atomic E-state index is 12.6. The van der Waals surface area contributed by atoms with E-state index in [4.69, 9.17) is 16.3 Å². The lowest BCUT2D eigenvalue weighted by atomic mass is 9.90. The number of hydrogen-bond donors (Lipinski definition) is 3. The number of aromatic hydroxyl groups is 1. The van der Waals surface area contributed by atoms with Gasteiger partial charge in [-0.25, -0.2) is 0 Å². The molecule has 29 heavy (non-hydrogen) atoms. The summed E-state index contributed by atoms with van der Waals surface area (Å²) in [6.07, 6.45) is 2.65. The second-order valence-electron chi connectivity index (χ2n) is 7.22. The third-order valence-corrected chi connectivity index (χ3v) is 5.25. The molecule has 1 aromatic carbocycles. The first kappa shape index (κ1) is 21.2. The minimum absolute atomic E-state index is 0.0170. The average molecular weight is 419 g/mol. The Kier molecular flexibility index (Phi) is 6.84. The molecule has 0 unspecified atom stereocenters. The standard InChI is InChI=1S/C21H23ClN2O5/c22-16-1-2-19(27)15(11-16)12-17(26)9-14-3-6-23-18(10-14)20(28)24-21(13-25)4-7-29-8-5-21/h1-3,6,10-11,25,27H,4-5,7-9,12-13H2,(H,24,28). The summed E-state index contributed by atoms with van der Waals surface area (Å²) in [6.45, 7) is 0.766. The fourth-order valence-corrected chi connectivity index (χ4v) is 3.49. The van der Waals surface area contributed by atoms with Crippen LogP contribution >= 0.6 is 11.6 Å². The number of amides is 1. The second-order valence-corrected chi connectivity index (χ2v) is 7.66. The van der Waals surface area contributed by atoms with Gasteiger partial charge in [-0.05, 0) is 48.7 Å². The number of halogens is 1. The molecule has 0 aliphatic carbocycles. The Labute approximate surface area is 173 Å². The van der Waals surface area contributed by atoms with Crippen molar-refractivity contribution in [1.29, 1.82) is 0 Å². The van der Waals surface area contributed by atoms with Crippen molar-refractivity contribution in [2.45, 2.75) is 31.2 Å². The van der Waals surface area contributed by atoms with Crippen LogP contribution in [0.1, 0.15) is 34.5 Å². The van der Waals surface area contributed by atoms with Gasteiger partial charge in [-0.2, -0.15) is 0 Å². The number of phenolic OH excluding ortho intramolecular Hbond substituents is 1. The summed E-state index contributed by atoms with van der Waals surface area (Å²) in [7, 11) is 0. The Hall–Kier alpha value is -2.48. The van der Waals surface area contributed by atoms with Crippen LogP contribution in [-0.2, 0) is 22.4 Å². The summed E-state index contributed by atoms with van der Waals surface area (Å²) < 4.78 is 5.30. The lowest BCUT2D eigenvalue weighted by molar-refractivity contribution is -0.117. The van der Waals surface area contributed by atoms with Gasteiger partial charge in [0.05, 0.1) is 12.1 Å². The molecule has 1 amide bonds. The molecular formula is C21H23ClN2O5. The molecule has 0 atom stereocenters. The fourth-order valence-electron chi connectivity index (χ4n) is 3.30. The van der Waals surface area contributed by atoms with Crippen molar-refractivity contribution in [3.8, 4) is 5.75 Å². The van der Waals surface area contributed by atoms with E-state index in [1.54, 1.807) is 24.3 Å². The number of ketones is 1. The number of nitrogens with one attached hydrogen (secondary N) is 1. The van der Waals surface area contributed by atoms with Crippen LogP contribution in [0.5, 0.6) is 5.75 Å². The Bertz CT molecular complexity index is 896. The third kappa shape index (κ3) is 5.53. The first-order chi connectivity index (χ1) is 13.9. The predicted molar refractivity (Wildman–Crippen MR) is 107 cm³/mol. The molecule has 1 aliphatic heterocycles. The number of aliphatic hydroxyl groups excluding tert-OH is 1.